The maximum atomic E-state index is 11.1. The van der Waals surface area contributed by atoms with Crippen LogP contribution in [-0.4, -0.2) is 52.5 Å². The van der Waals surface area contributed by atoms with Crippen molar-refractivity contribution in [2.45, 2.75) is 45.8 Å². The molecule has 0 rings (SSSR count). The Morgan fingerprint density at radius 2 is 1.89 bits per heavy atom. The smallest absolute Gasteiger partial charge is 0.306 e. The molecule has 0 aromatic carbocycles. The van der Waals surface area contributed by atoms with Gasteiger partial charge in [0.05, 0.1) is 13.5 Å². The molecule has 0 saturated heterocycles. The average Bonchev–Trinajstić information content (AvgIpc) is 2.32. The summed E-state index contributed by atoms with van der Waals surface area (Å²) in [5.41, 5.74) is 0. The summed E-state index contributed by atoms with van der Waals surface area (Å²) in [6, 6.07) is 1.18. The quantitative estimate of drug-likeness (QED) is 0.453. The van der Waals surface area contributed by atoms with E-state index in [2.05, 4.69) is 36.6 Å². The lowest BCUT2D eigenvalue weighted by molar-refractivity contribution is -0.140. The van der Waals surface area contributed by atoms with Crippen molar-refractivity contribution in [2.75, 3.05) is 33.4 Å². The van der Waals surface area contributed by atoms with E-state index in [9.17, 15) is 4.79 Å². The Bertz CT molecular complexity index is 234. The van der Waals surface area contributed by atoms with Gasteiger partial charge in [0.15, 0.2) is 8.32 Å². The van der Waals surface area contributed by atoms with Gasteiger partial charge >= 0.3 is 5.97 Å². The Morgan fingerprint density at radius 3 is 2.39 bits per heavy atom. The topological polar surface area (TPSA) is 38.8 Å². The van der Waals surface area contributed by atoms with Gasteiger partial charge in [0.2, 0.25) is 0 Å². The molecule has 0 saturated carbocycles. The molecule has 108 valence electrons. The van der Waals surface area contributed by atoms with E-state index in [0.717, 1.165) is 32.7 Å². The van der Waals surface area contributed by atoms with Crippen LogP contribution < -0.4 is 0 Å². The molecule has 0 aromatic heterocycles. The third kappa shape index (κ3) is 8.66. The maximum Gasteiger partial charge on any atom is 0.306 e. The van der Waals surface area contributed by atoms with Gasteiger partial charge in [-0.15, -0.1) is 0 Å². The van der Waals surface area contributed by atoms with Gasteiger partial charge in [-0.3, -0.25) is 4.79 Å². The molecule has 0 aromatic rings. The van der Waals surface area contributed by atoms with E-state index in [1.165, 1.54) is 13.2 Å². The summed E-state index contributed by atoms with van der Waals surface area (Å²) >= 11 is 0. The SMILES string of the molecule is CCO[Si](C)(C)CCCN(CC)CCC(=O)OC. The van der Waals surface area contributed by atoms with Gasteiger partial charge in [-0.1, -0.05) is 6.92 Å². The molecule has 0 aliphatic carbocycles. The molecule has 0 radical (unpaired) electrons. The first-order chi connectivity index (χ1) is 8.45. The van der Waals surface area contributed by atoms with Crippen LogP contribution in [-0.2, 0) is 14.0 Å². The number of methoxy groups -OCH3 is 1. The zero-order chi connectivity index (χ0) is 14.0. The zero-order valence-corrected chi connectivity index (χ0v) is 13.6. The summed E-state index contributed by atoms with van der Waals surface area (Å²) < 4.78 is 10.5. The van der Waals surface area contributed by atoms with Crippen molar-refractivity contribution in [2.24, 2.45) is 0 Å². The highest BCUT2D eigenvalue weighted by Gasteiger charge is 2.21. The lowest BCUT2D eigenvalue weighted by atomic mass is 10.3. The summed E-state index contributed by atoms with van der Waals surface area (Å²) in [7, 11) is -0.0135. The van der Waals surface area contributed by atoms with Gasteiger partial charge in [-0.05, 0) is 45.6 Å². The number of carbonyl (C=O) groups excluding carboxylic acids is 1. The van der Waals surface area contributed by atoms with Crippen molar-refractivity contribution >= 4 is 14.3 Å². The molecule has 18 heavy (non-hydrogen) atoms. The van der Waals surface area contributed by atoms with E-state index in [-0.39, 0.29) is 5.97 Å². The highest BCUT2D eigenvalue weighted by Crippen LogP contribution is 2.14. The van der Waals surface area contributed by atoms with Crippen LogP contribution in [0.5, 0.6) is 0 Å². The molecule has 5 heteroatoms. The van der Waals surface area contributed by atoms with Crippen LogP contribution in [0.1, 0.15) is 26.7 Å². The second kappa shape index (κ2) is 9.53. The number of rotatable bonds is 10. The van der Waals surface area contributed by atoms with E-state index < -0.39 is 8.32 Å². The summed E-state index contributed by atoms with van der Waals surface area (Å²) in [6.45, 7) is 12.3. The molecule has 0 fully saturated rings. The largest absolute Gasteiger partial charge is 0.469 e. The van der Waals surface area contributed by atoms with Gasteiger partial charge in [-0.25, -0.2) is 0 Å². The van der Waals surface area contributed by atoms with Crippen LogP contribution in [0.25, 0.3) is 0 Å². The molecule has 4 nitrogen and oxygen atoms in total. The standard InChI is InChI=1S/C13H29NO3Si/c1-6-14(11-9-13(15)16-3)10-8-12-18(4,5)17-7-2/h6-12H2,1-5H3. The monoisotopic (exact) mass is 275 g/mol. The van der Waals surface area contributed by atoms with E-state index in [0.29, 0.717) is 6.42 Å². The Morgan fingerprint density at radius 1 is 1.22 bits per heavy atom. The molecular formula is C13H29NO3Si. The lowest BCUT2D eigenvalue weighted by Gasteiger charge is -2.24. The Hall–Kier alpha value is -0.393. The summed E-state index contributed by atoms with van der Waals surface area (Å²) in [6.07, 6.45) is 1.63. The molecule has 0 aliphatic rings. The highest BCUT2D eigenvalue weighted by molar-refractivity contribution is 6.71. The van der Waals surface area contributed by atoms with Crippen molar-refractivity contribution in [1.29, 1.82) is 0 Å². The third-order valence-corrected chi connectivity index (χ3v) is 5.72. The number of hydrogen-bond donors (Lipinski definition) is 0. The minimum atomic E-state index is -1.45. The molecule has 0 unspecified atom stereocenters. The van der Waals surface area contributed by atoms with Crippen LogP contribution >= 0.6 is 0 Å². The van der Waals surface area contributed by atoms with Crippen LogP contribution in [0.4, 0.5) is 0 Å². The normalized spacial score (nSPS) is 11.9. The van der Waals surface area contributed by atoms with Gasteiger partial charge in [0.25, 0.3) is 0 Å². The minimum Gasteiger partial charge on any atom is -0.469 e. The number of carbonyl (C=O) groups is 1. The number of esters is 1. The first-order valence-corrected chi connectivity index (χ1v) is 9.99. The predicted octanol–water partition coefficient (Wildman–Crippen LogP) is 2.50. The van der Waals surface area contributed by atoms with Gasteiger partial charge in [0, 0.05) is 13.2 Å². The van der Waals surface area contributed by atoms with Crippen LogP contribution in [0, 0.1) is 0 Å². The molecule has 0 heterocycles. The van der Waals surface area contributed by atoms with Crippen molar-refractivity contribution in [3.05, 3.63) is 0 Å². The third-order valence-electron chi connectivity index (χ3n) is 3.10. The van der Waals surface area contributed by atoms with Gasteiger partial charge < -0.3 is 14.1 Å². The Kier molecular flexibility index (Phi) is 9.32. The van der Waals surface area contributed by atoms with Crippen LogP contribution in [0.2, 0.25) is 19.1 Å². The van der Waals surface area contributed by atoms with E-state index in [1.54, 1.807) is 0 Å². The first-order valence-electron chi connectivity index (χ1n) is 6.88. The summed E-state index contributed by atoms with van der Waals surface area (Å²) in [5.74, 6) is -0.127. The average molecular weight is 275 g/mol. The second-order valence-electron chi connectivity index (χ2n) is 5.06. The highest BCUT2D eigenvalue weighted by atomic mass is 28.4. The Balaban J connectivity index is 3.83. The molecule has 0 atom stereocenters. The first kappa shape index (κ1) is 17.6. The molecular weight excluding hydrogens is 246 g/mol. The molecule has 0 bridgehead atoms. The van der Waals surface area contributed by atoms with Crippen molar-refractivity contribution in [3.63, 3.8) is 0 Å². The fourth-order valence-corrected chi connectivity index (χ4v) is 3.91. The number of ether oxygens (including phenoxy) is 1. The number of hydrogen-bond acceptors (Lipinski definition) is 4. The van der Waals surface area contributed by atoms with E-state index in [1.807, 2.05) is 0 Å². The number of nitrogens with zero attached hydrogens (tertiary/aromatic N) is 1. The molecule has 0 N–H and O–H groups in total. The van der Waals surface area contributed by atoms with E-state index in [4.69, 9.17) is 4.43 Å². The van der Waals surface area contributed by atoms with Crippen LogP contribution in [0.3, 0.4) is 0 Å². The summed E-state index contributed by atoms with van der Waals surface area (Å²) in [5, 5.41) is 0. The summed E-state index contributed by atoms with van der Waals surface area (Å²) in [4.78, 5) is 13.4. The molecule has 0 amide bonds. The van der Waals surface area contributed by atoms with Gasteiger partial charge in [-0.2, -0.15) is 0 Å². The molecule has 0 aliphatic heterocycles. The second-order valence-corrected chi connectivity index (χ2v) is 9.36. The van der Waals surface area contributed by atoms with Crippen molar-refractivity contribution in [3.8, 4) is 0 Å². The maximum absolute atomic E-state index is 11.1. The minimum absolute atomic E-state index is 0.127. The fourth-order valence-electron chi connectivity index (χ4n) is 1.97. The molecule has 0 spiro atoms. The van der Waals surface area contributed by atoms with E-state index >= 15 is 0 Å². The van der Waals surface area contributed by atoms with Gasteiger partial charge in [0.1, 0.15) is 0 Å². The zero-order valence-electron chi connectivity index (χ0n) is 12.6. The van der Waals surface area contributed by atoms with Crippen LogP contribution in [0.15, 0.2) is 0 Å². The van der Waals surface area contributed by atoms with Crippen molar-refractivity contribution < 1.29 is 14.0 Å². The fraction of sp³-hybridized carbons (Fsp3) is 0.923. The predicted molar refractivity (Wildman–Crippen MR) is 77.3 cm³/mol. The lowest BCUT2D eigenvalue weighted by Crippen LogP contribution is -2.33. The van der Waals surface area contributed by atoms with Crippen molar-refractivity contribution in [1.82, 2.24) is 4.90 Å². The Labute approximate surface area is 113 Å².